The van der Waals surface area contributed by atoms with Gasteiger partial charge in [-0.25, -0.2) is 13.6 Å². The van der Waals surface area contributed by atoms with Gasteiger partial charge in [0.25, 0.3) is 0 Å². The molecule has 0 saturated carbocycles. The Hall–Kier alpha value is -3.40. The number of rotatable bonds is 8. The minimum atomic E-state index is -0.899. The second kappa shape index (κ2) is 12.7. The summed E-state index contributed by atoms with van der Waals surface area (Å²) in [6.45, 7) is 1.98. The predicted molar refractivity (Wildman–Crippen MR) is 162 cm³/mol. The fourth-order valence-corrected chi connectivity index (χ4v) is 6.27. The minimum Gasteiger partial charge on any atom is -0.494 e. The lowest BCUT2D eigenvalue weighted by Gasteiger charge is -2.46. The van der Waals surface area contributed by atoms with Crippen LogP contribution in [0.5, 0.6) is 5.75 Å². The predicted octanol–water partition coefficient (Wildman–Crippen LogP) is 6.99. The van der Waals surface area contributed by atoms with E-state index in [1.165, 1.54) is 36.3 Å². The maximum Gasteiger partial charge on any atom is 0.414 e. The maximum atomic E-state index is 14.3. The normalized spacial score (nSPS) is 16.9. The standard InChI is InChI=1S/C32H33Cl2F2N3O4/c1-37(19-20-4-9-29(42-3)27(36)16-20)30(40)23(21-5-7-25(33)26(34)17-21)10-13-39-14-11-32(12-15-39)24-18-22(35)6-8-28(24)38(2)31(41)43-32/h4-9,16-18,23H,10-15,19H2,1-3H3. The number of ether oxygens (including phenoxy) is 2. The van der Waals surface area contributed by atoms with Crippen molar-refractivity contribution in [1.29, 1.82) is 0 Å². The first-order valence-electron chi connectivity index (χ1n) is 14.0. The van der Waals surface area contributed by atoms with E-state index in [2.05, 4.69) is 4.90 Å². The van der Waals surface area contributed by atoms with E-state index in [4.69, 9.17) is 32.7 Å². The molecule has 1 fully saturated rings. The molecule has 1 saturated heterocycles. The molecule has 0 aromatic heterocycles. The molecule has 0 bridgehead atoms. The molecule has 228 valence electrons. The van der Waals surface area contributed by atoms with Gasteiger partial charge in [-0.15, -0.1) is 0 Å². The van der Waals surface area contributed by atoms with Gasteiger partial charge in [0.15, 0.2) is 11.6 Å². The molecule has 5 rings (SSSR count). The van der Waals surface area contributed by atoms with Crippen LogP contribution in [0.15, 0.2) is 54.6 Å². The number of fused-ring (bicyclic) bond motifs is 2. The van der Waals surface area contributed by atoms with Crippen LogP contribution < -0.4 is 9.64 Å². The van der Waals surface area contributed by atoms with Crippen molar-refractivity contribution < 1.29 is 27.8 Å². The van der Waals surface area contributed by atoms with Crippen molar-refractivity contribution in [2.24, 2.45) is 0 Å². The summed E-state index contributed by atoms with van der Waals surface area (Å²) in [5.74, 6) is -1.41. The fraction of sp³-hybridized carbons (Fsp3) is 0.375. The summed E-state index contributed by atoms with van der Waals surface area (Å²) in [4.78, 5) is 31.7. The number of halogens is 4. The van der Waals surface area contributed by atoms with Gasteiger partial charge in [-0.1, -0.05) is 35.3 Å². The minimum absolute atomic E-state index is 0.137. The van der Waals surface area contributed by atoms with Crippen molar-refractivity contribution in [2.45, 2.75) is 37.3 Å². The van der Waals surface area contributed by atoms with E-state index in [0.29, 0.717) is 65.8 Å². The zero-order valence-corrected chi connectivity index (χ0v) is 25.7. The third-order valence-corrected chi connectivity index (χ3v) is 9.16. The maximum absolute atomic E-state index is 14.3. The molecule has 3 aromatic carbocycles. The summed E-state index contributed by atoms with van der Waals surface area (Å²) in [7, 11) is 4.70. The molecule has 0 radical (unpaired) electrons. The smallest absolute Gasteiger partial charge is 0.414 e. The van der Waals surface area contributed by atoms with Gasteiger partial charge in [-0.2, -0.15) is 0 Å². The average molecular weight is 633 g/mol. The highest BCUT2D eigenvalue weighted by Gasteiger charge is 2.46. The Bertz CT molecular complexity index is 1530. The molecule has 7 nitrogen and oxygen atoms in total. The molecule has 2 aliphatic rings. The first kappa shape index (κ1) is 31.0. The highest BCUT2D eigenvalue weighted by Crippen LogP contribution is 2.45. The highest BCUT2D eigenvalue weighted by atomic mass is 35.5. The summed E-state index contributed by atoms with van der Waals surface area (Å²) in [5.41, 5.74) is 1.79. The fourth-order valence-electron chi connectivity index (χ4n) is 5.96. The van der Waals surface area contributed by atoms with Crippen molar-refractivity contribution in [2.75, 3.05) is 45.7 Å². The Balaban J connectivity index is 1.30. The molecule has 3 aromatic rings. The number of likely N-dealkylation sites (tertiary alicyclic amines) is 1. The van der Waals surface area contributed by atoms with E-state index in [0.717, 1.165) is 5.56 Å². The molecule has 0 N–H and O–H groups in total. The lowest BCUT2D eigenvalue weighted by Crippen LogP contribution is -2.51. The second-order valence-corrected chi connectivity index (χ2v) is 11.9. The first-order valence-corrected chi connectivity index (χ1v) is 14.8. The average Bonchev–Trinajstić information content (AvgIpc) is 2.98. The summed E-state index contributed by atoms with van der Waals surface area (Å²) in [6, 6.07) is 14.2. The van der Waals surface area contributed by atoms with Crippen LogP contribution in [-0.2, 0) is 21.7 Å². The van der Waals surface area contributed by atoms with Crippen LogP contribution in [0.2, 0.25) is 10.0 Å². The Morgan fingerprint density at radius 3 is 2.49 bits per heavy atom. The van der Waals surface area contributed by atoms with Crippen LogP contribution in [0.1, 0.15) is 41.9 Å². The van der Waals surface area contributed by atoms with Gasteiger partial charge >= 0.3 is 6.09 Å². The topological polar surface area (TPSA) is 62.3 Å². The Morgan fingerprint density at radius 2 is 1.81 bits per heavy atom. The molecule has 1 unspecified atom stereocenters. The molecule has 0 aliphatic carbocycles. The van der Waals surface area contributed by atoms with Crippen LogP contribution in [0.25, 0.3) is 0 Å². The number of hydrogen-bond acceptors (Lipinski definition) is 5. The van der Waals surface area contributed by atoms with E-state index in [-0.39, 0.29) is 24.0 Å². The van der Waals surface area contributed by atoms with Crippen LogP contribution in [0, 0.1) is 11.6 Å². The lowest BCUT2D eigenvalue weighted by molar-refractivity contribution is -0.132. The van der Waals surface area contributed by atoms with Crippen molar-refractivity contribution in [1.82, 2.24) is 9.80 Å². The first-order chi connectivity index (χ1) is 20.5. The van der Waals surface area contributed by atoms with Gasteiger partial charge in [0.05, 0.1) is 28.8 Å². The Morgan fingerprint density at radius 1 is 1.07 bits per heavy atom. The molecular weight excluding hydrogens is 599 g/mol. The second-order valence-electron chi connectivity index (χ2n) is 11.1. The molecule has 1 spiro atoms. The monoisotopic (exact) mass is 631 g/mol. The number of nitrogens with zero attached hydrogens (tertiary/aromatic N) is 3. The van der Waals surface area contributed by atoms with E-state index in [1.54, 1.807) is 49.3 Å². The van der Waals surface area contributed by atoms with Crippen LogP contribution >= 0.6 is 23.2 Å². The summed E-state index contributed by atoms with van der Waals surface area (Å²) < 4.78 is 39.4. The van der Waals surface area contributed by atoms with E-state index in [9.17, 15) is 18.4 Å². The number of carbonyl (C=O) groups is 2. The van der Waals surface area contributed by atoms with E-state index in [1.807, 2.05) is 0 Å². The summed E-state index contributed by atoms with van der Waals surface area (Å²) in [6.07, 6.45) is 1.02. The van der Waals surface area contributed by atoms with Crippen molar-refractivity contribution in [3.63, 3.8) is 0 Å². The molecule has 2 aliphatic heterocycles. The van der Waals surface area contributed by atoms with Crippen molar-refractivity contribution in [3.05, 3.63) is 93.0 Å². The number of amides is 2. The molecule has 2 heterocycles. The van der Waals surface area contributed by atoms with E-state index < -0.39 is 23.4 Å². The van der Waals surface area contributed by atoms with Gasteiger partial charge in [0.2, 0.25) is 5.91 Å². The Kier molecular flexibility index (Phi) is 9.15. The highest BCUT2D eigenvalue weighted by molar-refractivity contribution is 6.42. The SMILES string of the molecule is COc1ccc(CN(C)C(=O)C(CCN2CCC3(CC2)OC(=O)N(C)c2ccc(F)cc23)c2ccc(Cl)c(Cl)c2)cc1F. The van der Waals surface area contributed by atoms with Crippen LogP contribution in [0.4, 0.5) is 19.3 Å². The summed E-state index contributed by atoms with van der Waals surface area (Å²) >= 11 is 12.5. The Labute approximate surface area is 259 Å². The number of benzene rings is 3. The number of piperidine rings is 1. The van der Waals surface area contributed by atoms with Gasteiger partial charge in [-0.3, -0.25) is 9.69 Å². The third kappa shape index (κ3) is 6.44. The molecule has 2 amide bonds. The van der Waals surface area contributed by atoms with Crippen molar-refractivity contribution >= 4 is 40.9 Å². The van der Waals surface area contributed by atoms with Gasteiger partial charge in [0, 0.05) is 52.1 Å². The van der Waals surface area contributed by atoms with Crippen LogP contribution in [-0.4, -0.2) is 62.6 Å². The quantitative estimate of drug-likeness (QED) is 0.268. The number of hydrogen-bond donors (Lipinski definition) is 0. The largest absolute Gasteiger partial charge is 0.494 e. The number of carbonyl (C=O) groups excluding carboxylic acids is 2. The third-order valence-electron chi connectivity index (χ3n) is 8.42. The molecular formula is C32H33Cl2F2N3O4. The van der Waals surface area contributed by atoms with Crippen LogP contribution in [0.3, 0.4) is 0 Å². The van der Waals surface area contributed by atoms with Gasteiger partial charge < -0.3 is 19.3 Å². The molecule has 11 heteroatoms. The van der Waals surface area contributed by atoms with Gasteiger partial charge in [0.1, 0.15) is 11.4 Å². The zero-order chi connectivity index (χ0) is 30.9. The number of anilines is 1. The molecule has 1 atom stereocenters. The molecule has 43 heavy (non-hydrogen) atoms. The lowest BCUT2D eigenvalue weighted by atomic mass is 9.81. The van der Waals surface area contributed by atoms with Gasteiger partial charge in [-0.05, 0) is 66.6 Å². The van der Waals surface area contributed by atoms with Crippen molar-refractivity contribution in [3.8, 4) is 5.75 Å². The number of methoxy groups -OCH3 is 1. The summed E-state index contributed by atoms with van der Waals surface area (Å²) in [5, 5.41) is 0.746. The van der Waals surface area contributed by atoms with E-state index >= 15 is 0 Å². The number of likely N-dealkylation sites (N-methyl/N-ethyl adjacent to an activating group) is 1. The zero-order valence-electron chi connectivity index (χ0n) is 24.2.